The van der Waals surface area contributed by atoms with Crippen molar-refractivity contribution in [1.82, 2.24) is 9.13 Å². The zero-order chi connectivity index (χ0) is 20.5. The number of hydrogen-bond acceptors (Lipinski definition) is 3. The molecule has 148 valence electrons. The van der Waals surface area contributed by atoms with Crippen molar-refractivity contribution in [3.05, 3.63) is 55.6 Å². The third-order valence-corrected chi connectivity index (χ3v) is 4.17. The van der Waals surface area contributed by atoms with Crippen LogP contribution in [0, 0.1) is 5.82 Å². The third kappa shape index (κ3) is 4.35. The van der Waals surface area contributed by atoms with E-state index in [0.717, 1.165) is 25.6 Å². The molecule has 10 heteroatoms. The summed E-state index contributed by atoms with van der Waals surface area (Å²) in [4.78, 5) is 24.5. The lowest BCUT2D eigenvalue weighted by atomic mass is 10.2. The van der Waals surface area contributed by atoms with Crippen molar-refractivity contribution in [2.45, 2.75) is 39.0 Å². The molecular formula is C17H17ClF4N2O3. The Morgan fingerprint density at radius 2 is 1.85 bits per heavy atom. The van der Waals surface area contributed by atoms with E-state index >= 15 is 0 Å². The Morgan fingerprint density at radius 3 is 2.41 bits per heavy atom. The molecule has 5 nitrogen and oxygen atoms in total. The molecule has 0 saturated carbocycles. The molecule has 1 aromatic carbocycles. The number of nitrogens with zero attached hydrogens (tertiary/aromatic N) is 2. The van der Waals surface area contributed by atoms with Gasteiger partial charge in [0.25, 0.3) is 5.56 Å². The summed E-state index contributed by atoms with van der Waals surface area (Å²) < 4.78 is 59.3. The van der Waals surface area contributed by atoms with E-state index in [1.54, 1.807) is 6.92 Å². The maximum absolute atomic E-state index is 14.4. The van der Waals surface area contributed by atoms with Crippen LogP contribution in [0.2, 0.25) is 5.02 Å². The van der Waals surface area contributed by atoms with E-state index in [2.05, 4.69) is 0 Å². The SMILES string of the molecule is CCCC(C)Oc1cc(-n2c(=O)cc(C(F)(F)F)n(C)c2=O)c(F)cc1Cl. The van der Waals surface area contributed by atoms with Gasteiger partial charge in [0.2, 0.25) is 0 Å². The highest BCUT2D eigenvalue weighted by molar-refractivity contribution is 6.32. The quantitative estimate of drug-likeness (QED) is 0.705. The van der Waals surface area contributed by atoms with Gasteiger partial charge >= 0.3 is 11.9 Å². The zero-order valence-electron chi connectivity index (χ0n) is 14.7. The molecule has 0 aliphatic heterocycles. The Hall–Kier alpha value is -2.29. The predicted molar refractivity (Wildman–Crippen MR) is 92.2 cm³/mol. The van der Waals surface area contributed by atoms with E-state index in [1.807, 2.05) is 6.92 Å². The summed E-state index contributed by atoms with van der Waals surface area (Å²) in [5.41, 5.74) is -4.64. The topological polar surface area (TPSA) is 53.2 Å². The first-order chi connectivity index (χ1) is 12.5. The number of hydrogen-bond donors (Lipinski definition) is 0. The van der Waals surface area contributed by atoms with Crippen molar-refractivity contribution in [2.75, 3.05) is 0 Å². The van der Waals surface area contributed by atoms with Gasteiger partial charge in [0.1, 0.15) is 17.3 Å². The summed E-state index contributed by atoms with van der Waals surface area (Å²) in [6.45, 7) is 3.69. The number of rotatable bonds is 5. The Balaban J connectivity index is 2.67. The highest BCUT2D eigenvalue weighted by Crippen LogP contribution is 2.31. The molecule has 27 heavy (non-hydrogen) atoms. The third-order valence-electron chi connectivity index (χ3n) is 3.88. The molecule has 0 saturated heterocycles. The molecule has 0 aliphatic rings. The first-order valence-corrected chi connectivity index (χ1v) is 8.41. The number of benzene rings is 1. The molecule has 2 rings (SSSR count). The summed E-state index contributed by atoms with van der Waals surface area (Å²) >= 11 is 5.94. The van der Waals surface area contributed by atoms with E-state index < -0.39 is 34.6 Å². The summed E-state index contributed by atoms with van der Waals surface area (Å²) in [6.07, 6.45) is -3.70. The van der Waals surface area contributed by atoms with Crippen LogP contribution in [-0.4, -0.2) is 15.2 Å². The summed E-state index contributed by atoms with van der Waals surface area (Å²) in [5, 5.41) is -0.0870. The minimum absolute atomic E-state index is 0.0165. The van der Waals surface area contributed by atoms with Gasteiger partial charge in [-0.2, -0.15) is 13.2 Å². The maximum atomic E-state index is 14.4. The van der Waals surface area contributed by atoms with Gasteiger partial charge in [0.15, 0.2) is 0 Å². The second-order valence-corrected chi connectivity index (χ2v) is 6.40. The van der Waals surface area contributed by atoms with Crippen molar-refractivity contribution in [2.24, 2.45) is 7.05 Å². The van der Waals surface area contributed by atoms with Crippen molar-refractivity contribution in [1.29, 1.82) is 0 Å². The Morgan fingerprint density at radius 1 is 1.22 bits per heavy atom. The van der Waals surface area contributed by atoms with E-state index in [1.165, 1.54) is 0 Å². The standard InChI is InChI=1S/C17H17ClF4N2O3/c1-4-5-9(2)27-13-7-12(11(19)6-10(13)18)24-15(25)8-14(17(20,21)22)23(3)16(24)26/h6-9H,4-5H2,1-3H3. The second-order valence-electron chi connectivity index (χ2n) is 5.99. The van der Waals surface area contributed by atoms with Crippen LogP contribution in [0.25, 0.3) is 5.69 Å². The Kier molecular flexibility index (Phi) is 6.04. The number of alkyl halides is 3. The number of aromatic nitrogens is 2. The van der Waals surface area contributed by atoms with Crippen LogP contribution in [0.4, 0.5) is 17.6 Å². The average Bonchev–Trinajstić information content (AvgIpc) is 2.54. The van der Waals surface area contributed by atoms with E-state index in [9.17, 15) is 27.2 Å². The van der Waals surface area contributed by atoms with Gasteiger partial charge in [-0.1, -0.05) is 24.9 Å². The summed E-state index contributed by atoms with van der Waals surface area (Å²) in [5.74, 6) is -1.03. The average molecular weight is 409 g/mol. The highest BCUT2D eigenvalue weighted by Gasteiger charge is 2.35. The fourth-order valence-electron chi connectivity index (χ4n) is 2.58. The van der Waals surface area contributed by atoms with Gasteiger partial charge in [0.05, 0.1) is 16.8 Å². The molecule has 0 N–H and O–H groups in total. The minimum atomic E-state index is -4.91. The largest absolute Gasteiger partial charge is 0.489 e. The van der Waals surface area contributed by atoms with Gasteiger partial charge in [-0.3, -0.25) is 9.36 Å². The fraction of sp³-hybridized carbons (Fsp3) is 0.412. The first-order valence-electron chi connectivity index (χ1n) is 8.03. The van der Waals surface area contributed by atoms with Crippen LogP contribution in [0.3, 0.4) is 0 Å². The number of halogens is 5. The molecule has 2 aromatic rings. The van der Waals surface area contributed by atoms with Crippen molar-refractivity contribution in [3.8, 4) is 11.4 Å². The van der Waals surface area contributed by atoms with Crippen molar-refractivity contribution in [3.63, 3.8) is 0 Å². The second kappa shape index (κ2) is 7.75. The molecule has 1 heterocycles. The molecule has 0 spiro atoms. The van der Waals surface area contributed by atoms with Crippen LogP contribution in [0.1, 0.15) is 32.4 Å². The summed E-state index contributed by atoms with van der Waals surface area (Å²) in [7, 11) is 0.843. The van der Waals surface area contributed by atoms with Crippen molar-refractivity contribution >= 4 is 11.6 Å². The smallest absolute Gasteiger partial charge is 0.431 e. The summed E-state index contributed by atoms with van der Waals surface area (Å²) in [6, 6.07) is 2.10. The monoisotopic (exact) mass is 408 g/mol. The minimum Gasteiger partial charge on any atom is -0.489 e. The molecule has 1 aromatic heterocycles. The van der Waals surface area contributed by atoms with Crippen molar-refractivity contribution < 1.29 is 22.3 Å². The molecule has 0 aliphatic carbocycles. The fourth-order valence-corrected chi connectivity index (χ4v) is 2.78. The van der Waals surface area contributed by atoms with Gasteiger partial charge in [-0.05, 0) is 19.4 Å². The van der Waals surface area contributed by atoms with Gasteiger partial charge < -0.3 is 4.74 Å². The molecule has 1 unspecified atom stereocenters. The van der Waals surface area contributed by atoms with Crippen LogP contribution >= 0.6 is 11.6 Å². The molecule has 0 fully saturated rings. The molecule has 0 radical (unpaired) electrons. The highest BCUT2D eigenvalue weighted by atomic mass is 35.5. The molecular weight excluding hydrogens is 392 g/mol. The van der Waals surface area contributed by atoms with Gasteiger partial charge in [-0.15, -0.1) is 0 Å². The van der Waals surface area contributed by atoms with Crippen LogP contribution in [0.5, 0.6) is 5.75 Å². The lowest BCUT2D eigenvalue weighted by Gasteiger charge is -2.18. The zero-order valence-corrected chi connectivity index (χ0v) is 15.5. The lowest BCUT2D eigenvalue weighted by Crippen LogP contribution is -2.41. The van der Waals surface area contributed by atoms with Crippen LogP contribution in [0.15, 0.2) is 27.8 Å². The normalized spacial score (nSPS) is 12.9. The van der Waals surface area contributed by atoms with E-state index in [-0.39, 0.29) is 27.5 Å². The molecule has 0 amide bonds. The van der Waals surface area contributed by atoms with E-state index in [4.69, 9.17) is 16.3 Å². The maximum Gasteiger partial charge on any atom is 0.431 e. The predicted octanol–water partition coefficient (Wildman–Crippen LogP) is 3.91. The van der Waals surface area contributed by atoms with Crippen LogP contribution in [-0.2, 0) is 13.2 Å². The Labute approximate surface area is 156 Å². The first kappa shape index (κ1) is 21.0. The molecule has 1 atom stereocenters. The molecule has 0 bridgehead atoms. The lowest BCUT2D eigenvalue weighted by molar-refractivity contribution is -0.144. The Bertz CT molecular complexity index is 966. The number of ether oxygens (including phenoxy) is 1. The van der Waals surface area contributed by atoms with Crippen LogP contribution < -0.4 is 16.0 Å². The van der Waals surface area contributed by atoms with Gasteiger partial charge in [0, 0.05) is 19.2 Å². The van der Waals surface area contributed by atoms with Gasteiger partial charge in [-0.25, -0.2) is 13.8 Å². The van der Waals surface area contributed by atoms with E-state index in [0.29, 0.717) is 11.0 Å².